The molecule has 33 heavy (non-hydrogen) atoms. The van der Waals surface area contributed by atoms with Crippen molar-refractivity contribution >= 4 is 17.6 Å². The molecule has 178 valence electrons. The van der Waals surface area contributed by atoms with Crippen LogP contribution in [0.4, 0.5) is 5.69 Å². The number of phenols is 1. The second-order valence-electron chi connectivity index (χ2n) is 8.45. The minimum atomic E-state index is -1.25. The molecule has 3 N–H and O–H groups in total. The van der Waals surface area contributed by atoms with E-state index in [-0.39, 0.29) is 35.7 Å². The van der Waals surface area contributed by atoms with Crippen molar-refractivity contribution in [3.63, 3.8) is 0 Å². The van der Waals surface area contributed by atoms with E-state index in [4.69, 9.17) is 14.6 Å². The Morgan fingerprint density at radius 1 is 1.15 bits per heavy atom. The van der Waals surface area contributed by atoms with Crippen LogP contribution in [0.25, 0.3) is 0 Å². The molecule has 9 heteroatoms. The van der Waals surface area contributed by atoms with Crippen molar-refractivity contribution in [1.29, 1.82) is 0 Å². The fraction of sp³-hybridized carbons (Fsp3) is 0.417. The molecule has 1 atom stereocenters. The zero-order valence-corrected chi connectivity index (χ0v) is 19.3. The Hall–Kier alpha value is -3.62. The van der Waals surface area contributed by atoms with Gasteiger partial charge >= 0.3 is 11.9 Å². The highest BCUT2D eigenvalue weighted by atomic mass is 16.5. The van der Waals surface area contributed by atoms with Gasteiger partial charge in [0.25, 0.3) is 0 Å². The maximum atomic E-state index is 11.6. The molecule has 2 aromatic carbocycles. The van der Waals surface area contributed by atoms with Gasteiger partial charge in [0.15, 0.2) is 6.04 Å². The van der Waals surface area contributed by atoms with E-state index < -0.39 is 17.8 Å². The third-order valence-electron chi connectivity index (χ3n) is 4.92. The van der Waals surface area contributed by atoms with Crippen LogP contribution in [-0.2, 0) is 14.9 Å². The molecular weight excluding hydrogens is 428 g/mol. The number of carboxylic acid groups (broad SMARTS) is 1. The number of aromatic carboxylic acids is 1. The minimum absolute atomic E-state index is 0.0887. The number of nitrogens with one attached hydrogen (secondary N) is 1. The number of esters is 1. The number of rotatable bonds is 11. The van der Waals surface area contributed by atoms with Crippen molar-refractivity contribution in [3.8, 4) is 11.5 Å². The van der Waals surface area contributed by atoms with Gasteiger partial charge in [0, 0.05) is 18.3 Å². The van der Waals surface area contributed by atoms with Crippen molar-refractivity contribution in [2.75, 3.05) is 25.1 Å². The zero-order chi connectivity index (χ0) is 24.6. The summed E-state index contributed by atoms with van der Waals surface area (Å²) in [4.78, 5) is 34.2. The lowest BCUT2D eigenvalue weighted by Gasteiger charge is -2.25. The summed E-state index contributed by atoms with van der Waals surface area (Å²) in [5, 5.41) is 25.2. The van der Waals surface area contributed by atoms with E-state index in [2.05, 4.69) is 10.5 Å². The Morgan fingerprint density at radius 3 is 2.45 bits per heavy atom. The first-order chi connectivity index (χ1) is 15.6. The fourth-order valence-electron chi connectivity index (χ4n) is 3.22. The van der Waals surface area contributed by atoms with E-state index in [1.807, 2.05) is 32.9 Å². The summed E-state index contributed by atoms with van der Waals surface area (Å²) < 4.78 is 10.5. The maximum Gasteiger partial charge on any atom is 0.339 e. The van der Waals surface area contributed by atoms with Crippen LogP contribution in [0, 0.1) is 4.91 Å². The summed E-state index contributed by atoms with van der Waals surface area (Å²) in [6.45, 7) is 8.53. The van der Waals surface area contributed by atoms with Gasteiger partial charge < -0.3 is 25.0 Å². The molecule has 0 bridgehead atoms. The Labute approximate surface area is 192 Å². The lowest BCUT2D eigenvalue weighted by molar-refractivity contribution is -0.142. The lowest BCUT2D eigenvalue weighted by Crippen LogP contribution is -2.18. The summed E-state index contributed by atoms with van der Waals surface area (Å²) in [5.41, 5.74) is 1.94. The van der Waals surface area contributed by atoms with Crippen molar-refractivity contribution in [2.45, 2.75) is 45.6 Å². The van der Waals surface area contributed by atoms with Gasteiger partial charge in [-0.15, -0.1) is 0 Å². The van der Waals surface area contributed by atoms with Gasteiger partial charge in [-0.2, -0.15) is 4.91 Å². The van der Waals surface area contributed by atoms with Crippen LogP contribution in [0.5, 0.6) is 11.5 Å². The fourth-order valence-corrected chi connectivity index (χ4v) is 3.22. The molecule has 9 nitrogen and oxygen atoms in total. The van der Waals surface area contributed by atoms with Crippen LogP contribution in [-0.4, -0.2) is 41.9 Å². The number of carboxylic acids is 1. The summed E-state index contributed by atoms with van der Waals surface area (Å²) in [7, 11) is 0. The number of carbonyl (C=O) groups is 2. The molecule has 0 amide bonds. The van der Waals surface area contributed by atoms with Gasteiger partial charge in [0.1, 0.15) is 23.7 Å². The van der Waals surface area contributed by atoms with Crippen LogP contribution in [0.2, 0.25) is 0 Å². The number of ether oxygens (including phenoxy) is 2. The number of aromatic hydroxyl groups is 1. The van der Waals surface area contributed by atoms with Crippen molar-refractivity contribution < 1.29 is 29.3 Å². The number of hydrogen-bond donors (Lipinski definition) is 3. The number of nitrogens with zero attached hydrogens (tertiary/aromatic N) is 1. The quantitative estimate of drug-likeness (QED) is 0.327. The Kier molecular flexibility index (Phi) is 8.78. The first kappa shape index (κ1) is 25.6. The van der Waals surface area contributed by atoms with Crippen LogP contribution in [0.3, 0.4) is 0 Å². The van der Waals surface area contributed by atoms with Gasteiger partial charge in [0.05, 0.1) is 13.0 Å². The number of hydrogen-bond acceptors (Lipinski definition) is 8. The first-order valence-corrected chi connectivity index (χ1v) is 10.6. The van der Waals surface area contributed by atoms with E-state index in [1.165, 1.54) is 18.2 Å². The Bertz CT molecular complexity index is 999. The molecule has 0 radical (unpaired) electrons. The SMILES string of the molecule is CCOC(=O)CCNc1ccc(C(COc2ccc(C(=O)O)c(O)c2)N=O)cc1C(C)(C)C. The van der Waals surface area contributed by atoms with Gasteiger partial charge in [-0.1, -0.05) is 38.1 Å². The van der Waals surface area contributed by atoms with E-state index in [1.54, 1.807) is 13.0 Å². The summed E-state index contributed by atoms with van der Waals surface area (Å²) >= 11 is 0. The monoisotopic (exact) mass is 458 g/mol. The van der Waals surface area contributed by atoms with Crippen LogP contribution >= 0.6 is 0 Å². The van der Waals surface area contributed by atoms with Gasteiger partial charge in [-0.3, -0.25) is 4.79 Å². The molecule has 0 saturated carbocycles. The molecule has 1 unspecified atom stereocenters. The maximum absolute atomic E-state index is 11.6. The molecule has 0 aliphatic carbocycles. The van der Waals surface area contributed by atoms with E-state index in [0.29, 0.717) is 18.7 Å². The average molecular weight is 459 g/mol. The van der Waals surface area contributed by atoms with Crippen LogP contribution in [0.1, 0.15) is 61.6 Å². The summed E-state index contributed by atoms with van der Waals surface area (Å²) in [6.07, 6.45) is 0.235. The van der Waals surface area contributed by atoms with E-state index in [0.717, 1.165) is 11.3 Å². The van der Waals surface area contributed by atoms with Crippen LogP contribution < -0.4 is 10.1 Å². The second-order valence-corrected chi connectivity index (χ2v) is 8.45. The highest BCUT2D eigenvalue weighted by molar-refractivity contribution is 5.90. The van der Waals surface area contributed by atoms with Gasteiger partial charge in [-0.25, -0.2) is 4.79 Å². The normalized spacial score (nSPS) is 12.0. The Balaban J connectivity index is 2.16. The molecule has 0 saturated heterocycles. The molecular formula is C24H30N2O7. The largest absolute Gasteiger partial charge is 0.507 e. The van der Waals surface area contributed by atoms with Gasteiger partial charge in [-0.05, 0) is 41.7 Å². The molecule has 0 heterocycles. The number of anilines is 1. The number of nitroso groups, excluding NO2 is 1. The molecule has 0 fully saturated rings. The number of benzene rings is 2. The summed E-state index contributed by atoms with van der Waals surface area (Å²) in [6, 6.07) is 8.48. The molecule has 2 rings (SSSR count). The highest BCUT2D eigenvalue weighted by Gasteiger charge is 2.22. The third-order valence-corrected chi connectivity index (χ3v) is 4.92. The first-order valence-electron chi connectivity index (χ1n) is 10.6. The lowest BCUT2D eigenvalue weighted by atomic mass is 9.84. The highest BCUT2D eigenvalue weighted by Crippen LogP contribution is 2.33. The van der Waals surface area contributed by atoms with Crippen molar-refractivity contribution in [2.24, 2.45) is 5.18 Å². The van der Waals surface area contributed by atoms with Gasteiger partial charge in [0.2, 0.25) is 0 Å². The third kappa shape index (κ3) is 7.20. The standard InChI is InChI=1S/C24H30N2O7/c1-5-32-22(28)10-11-25-19-9-6-15(12-18(19)24(2,3)4)20(26-31)14-33-16-7-8-17(23(29)30)21(27)13-16/h6-9,12-13,20,25,27H,5,10-11,14H2,1-4H3,(H,29,30). The van der Waals surface area contributed by atoms with Crippen molar-refractivity contribution in [3.05, 3.63) is 58.0 Å². The van der Waals surface area contributed by atoms with Crippen LogP contribution in [0.15, 0.2) is 41.6 Å². The minimum Gasteiger partial charge on any atom is -0.507 e. The predicted octanol–water partition coefficient (Wildman–Crippen LogP) is 4.64. The smallest absolute Gasteiger partial charge is 0.339 e. The molecule has 0 spiro atoms. The predicted molar refractivity (Wildman–Crippen MR) is 124 cm³/mol. The second kappa shape index (κ2) is 11.3. The average Bonchev–Trinajstić information content (AvgIpc) is 2.74. The molecule has 0 aliphatic rings. The summed E-state index contributed by atoms with van der Waals surface area (Å²) in [5.74, 6) is -1.73. The Morgan fingerprint density at radius 2 is 1.88 bits per heavy atom. The van der Waals surface area contributed by atoms with E-state index >= 15 is 0 Å². The zero-order valence-electron chi connectivity index (χ0n) is 19.3. The molecule has 0 aromatic heterocycles. The number of carbonyl (C=O) groups excluding carboxylic acids is 1. The van der Waals surface area contributed by atoms with E-state index in [9.17, 15) is 19.6 Å². The molecule has 2 aromatic rings. The molecule has 0 aliphatic heterocycles. The van der Waals surface area contributed by atoms with Crippen molar-refractivity contribution in [1.82, 2.24) is 0 Å². The topological polar surface area (TPSA) is 135 Å².